The molecule has 0 spiro atoms. The first-order chi connectivity index (χ1) is 12.3. The fourth-order valence-corrected chi connectivity index (χ4v) is 7.78. The van der Waals surface area contributed by atoms with Gasteiger partial charge in [-0.15, -0.1) is 11.8 Å². The number of hydrogen-bond donors (Lipinski definition) is 0. The van der Waals surface area contributed by atoms with Crippen LogP contribution in [0.1, 0.15) is 32.6 Å². The topological polar surface area (TPSA) is 0 Å². The van der Waals surface area contributed by atoms with Crippen molar-refractivity contribution in [3.8, 4) is 0 Å². The van der Waals surface area contributed by atoms with Gasteiger partial charge in [-0.1, -0.05) is 79.8 Å². The van der Waals surface area contributed by atoms with Crippen LogP contribution < -0.4 is 0 Å². The Balaban J connectivity index is 1.33. The molecule has 0 nitrogen and oxygen atoms in total. The molecular weight excluding hydrogens is 340 g/mol. The smallest absolute Gasteiger partial charge is 0.0389 e. The molecule has 4 atom stereocenters. The quantitative estimate of drug-likeness (QED) is 0.532. The van der Waals surface area contributed by atoms with E-state index in [-0.39, 0.29) is 0 Å². The van der Waals surface area contributed by atoms with Crippen molar-refractivity contribution in [1.82, 2.24) is 0 Å². The van der Waals surface area contributed by atoms with E-state index in [1.807, 2.05) is 0 Å². The molecule has 0 aromatic carbocycles. The van der Waals surface area contributed by atoms with Crippen LogP contribution in [0.5, 0.6) is 0 Å². The van der Waals surface area contributed by atoms with E-state index in [1.165, 1.54) is 36.8 Å². The van der Waals surface area contributed by atoms with Crippen LogP contribution in [0, 0.1) is 17.8 Å². The van der Waals surface area contributed by atoms with Gasteiger partial charge in [-0.05, 0) is 41.2 Å². The predicted molar refractivity (Wildman–Crippen MR) is 112 cm³/mol. The Kier molecular flexibility index (Phi) is 4.22. The summed E-state index contributed by atoms with van der Waals surface area (Å²) >= 11 is 4.19. The molecule has 0 saturated heterocycles. The monoisotopic (exact) mass is 364 g/mol. The maximum atomic E-state index is 2.53. The molecule has 2 aliphatic heterocycles. The molecule has 0 amide bonds. The minimum atomic E-state index is 0.598. The second kappa shape index (κ2) is 6.55. The number of rotatable bonds is 3. The van der Waals surface area contributed by atoms with Gasteiger partial charge in [0.2, 0.25) is 0 Å². The SMILES string of the molecule is CCC[C@@H]1C=CC(C2=CC3SC4=C(SC5=CC=CCC54)C3C=C2)=CC1. The summed E-state index contributed by atoms with van der Waals surface area (Å²) in [7, 11) is 0. The molecule has 0 bridgehead atoms. The van der Waals surface area contributed by atoms with Crippen LogP contribution in [0.2, 0.25) is 0 Å². The maximum absolute atomic E-state index is 2.53. The summed E-state index contributed by atoms with van der Waals surface area (Å²) in [4.78, 5) is 4.87. The first-order valence-electron chi connectivity index (χ1n) is 9.57. The average molecular weight is 365 g/mol. The number of hydrogen-bond acceptors (Lipinski definition) is 2. The van der Waals surface area contributed by atoms with Gasteiger partial charge in [-0.25, -0.2) is 0 Å². The summed E-state index contributed by atoms with van der Waals surface area (Å²) in [5.74, 6) is 2.01. The van der Waals surface area contributed by atoms with Gasteiger partial charge >= 0.3 is 0 Å². The minimum absolute atomic E-state index is 0.598. The van der Waals surface area contributed by atoms with Gasteiger partial charge < -0.3 is 0 Å². The van der Waals surface area contributed by atoms with E-state index in [0.29, 0.717) is 17.1 Å². The highest BCUT2D eigenvalue weighted by molar-refractivity contribution is 8.11. The molecule has 5 aliphatic rings. The second-order valence-corrected chi connectivity index (χ2v) is 9.84. The summed E-state index contributed by atoms with van der Waals surface area (Å²) in [6.45, 7) is 2.28. The fraction of sp³-hybridized carbons (Fsp3) is 0.391. The Labute approximate surface area is 159 Å². The van der Waals surface area contributed by atoms with E-state index in [4.69, 9.17) is 0 Å². The highest BCUT2D eigenvalue weighted by atomic mass is 32.2. The third-order valence-corrected chi connectivity index (χ3v) is 8.78. The molecule has 0 aromatic rings. The highest BCUT2D eigenvalue weighted by Crippen LogP contribution is 2.62. The maximum Gasteiger partial charge on any atom is 0.0389 e. The van der Waals surface area contributed by atoms with E-state index in [9.17, 15) is 0 Å². The summed E-state index contributed by atoms with van der Waals surface area (Å²) in [5.41, 5.74) is 2.87. The Morgan fingerprint density at radius 3 is 2.84 bits per heavy atom. The molecule has 5 rings (SSSR count). The van der Waals surface area contributed by atoms with Crippen molar-refractivity contribution in [2.75, 3.05) is 0 Å². The lowest BCUT2D eigenvalue weighted by Gasteiger charge is -2.25. The standard InChI is InChI=1S/C23H24S2/c1-2-5-15-8-10-16(11-9-15)17-12-13-19-21(14-17)25-22-18-6-3-4-7-20(18)24-23(19)22/h3-4,7-8,10-15,18-19,21H,2,5-6,9H2,1H3/t15-,18?,19?,21?/m1/s1. The summed E-state index contributed by atoms with van der Waals surface area (Å²) < 4.78 is 0. The van der Waals surface area contributed by atoms with Crippen molar-refractivity contribution < 1.29 is 0 Å². The van der Waals surface area contributed by atoms with E-state index >= 15 is 0 Å². The minimum Gasteiger partial charge on any atom is -0.120 e. The zero-order valence-electron chi connectivity index (χ0n) is 14.7. The van der Waals surface area contributed by atoms with Gasteiger partial charge in [-0.2, -0.15) is 0 Å². The lowest BCUT2D eigenvalue weighted by atomic mass is 9.86. The van der Waals surface area contributed by atoms with Crippen LogP contribution in [0.3, 0.4) is 0 Å². The largest absolute Gasteiger partial charge is 0.120 e. The molecular formula is C23H24S2. The lowest BCUT2D eigenvalue weighted by molar-refractivity contribution is 0.582. The van der Waals surface area contributed by atoms with Gasteiger partial charge in [-0.3, -0.25) is 0 Å². The van der Waals surface area contributed by atoms with Crippen molar-refractivity contribution in [3.05, 3.63) is 80.5 Å². The van der Waals surface area contributed by atoms with Gasteiger partial charge in [0.1, 0.15) is 0 Å². The first-order valence-corrected chi connectivity index (χ1v) is 11.3. The predicted octanol–water partition coefficient (Wildman–Crippen LogP) is 6.94. The third-order valence-electron chi connectivity index (χ3n) is 5.83. The molecule has 2 heteroatoms. The van der Waals surface area contributed by atoms with Gasteiger partial charge in [0.25, 0.3) is 0 Å². The zero-order valence-corrected chi connectivity index (χ0v) is 16.3. The molecule has 128 valence electrons. The summed E-state index contributed by atoms with van der Waals surface area (Å²) in [5, 5.41) is 0.604. The average Bonchev–Trinajstić information content (AvgIpc) is 3.18. The molecule has 0 aromatic heterocycles. The zero-order chi connectivity index (χ0) is 16.8. The summed E-state index contributed by atoms with van der Waals surface area (Å²) in [6, 6.07) is 0. The fourth-order valence-electron chi connectivity index (χ4n) is 4.47. The second-order valence-electron chi connectivity index (χ2n) is 7.51. The Hall–Kier alpha value is -1.12. The Morgan fingerprint density at radius 2 is 2.00 bits per heavy atom. The van der Waals surface area contributed by atoms with E-state index in [1.54, 1.807) is 14.7 Å². The van der Waals surface area contributed by atoms with Crippen LogP contribution in [0.25, 0.3) is 0 Å². The number of allylic oxidation sites excluding steroid dienone is 13. The molecule has 3 unspecified atom stereocenters. The first kappa shape index (κ1) is 16.1. The molecule has 0 saturated carbocycles. The van der Waals surface area contributed by atoms with Gasteiger partial charge in [0.05, 0.1) is 0 Å². The van der Waals surface area contributed by atoms with E-state index in [2.05, 4.69) is 85.1 Å². The van der Waals surface area contributed by atoms with Gasteiger partial charge in [0.15, 0.2) is 0 Å². The van der Waals surface area contributed by atoms with Gasteiger partial charge in [0, 0.05) is 26.9 Å². The van der Waals surface area contributed by atoms with Crippen LogP contribution in [-0.4, -0.2) is 5.25 Å². The number of thioether (sulfide) groups is 2. The molecule has 0 N–H and O–H groups in total. The molecule has 3 aliphatic carbocycles. The van der Waals surface area contributed by atoms with Crippen molar-refractivity contribution in [1.29, 1.82) is 0 Å². The van der Waals surface area contributed by atoms with Crippen molar-refractivity contribution >= 4 is 23.5 Å². The molecule has 2 heterocycles. The Bertz CT molecular complexity index is 800. The van der Waals surface area contributed by atoms with Crippen molar-refractivity contribution in [3.63, 3.8) is 0 Å². The molecule has 0 fully saturated rings. The highest BCUT2D eigenvalue weighted by Gasteiger charge is 2.43. The van der Waals surface area contributed by atoms with Crippen molar-refractivity contribution in [2.24, 2.45) is 17.8 Å². The Morgan fingerprint density at radius 1 is 1.08 bits per heavy atom. The summed E-state index contributed by atoms with van der Waals surface area (Å²) in [6.07, 6.45) is 26.5. The van der Waals surface area contributed by atoms with Crippen molar-refractivity contribution in [2.45, 2.75) is 37.9 Å². The molecule has 25 heavy (non-hydrogen) atoms. The van der Waals surface area contributed by atoms with E-state index in [0.717, 1.165) is 5.92 Å². The van der Waals surface area contributed by atoms with Crippen LogP contribution in [0.4, 0.5) is 0 Å². The number of fused-ring (bicyclic) bond motifs is 4. The normalized spacial score (nSPS) is 35.2. The molecule has 0 radical (unpaired) electrons. The van der Waals surface area contributed by atoms with Crippen LogP contribution in [-0.2, 0) is 0 Å². The lowest BCUT2D eigenvalue weighted by Crippen LogP contribution is -2.14. The third kappa shape index (κ3) is 2.78. The van der Waals surface area contributed by atoms with E-state index < -0.39 is 0 Å². The van der Waals surface area contributed by atoms with Crippen LogP contribution in [0.15, 0.2) is 80.5 Å². The van der Waals surface area contributed by atoms with Crippen LogP contribution >= 0.6 is 23.5 Å².